The van der Waals surface area contributed by atoms with E-state index in [1.165, 1.54) is 7.11 Å². The molecule has 4 heteroatoms. The average Bonchev–Trinajstić information content (AvgIpc) is 2.35. The van der Waals surface area contributed by atoms with Crippen molar-refractivity contribution >= 4 is 5.97 Å². The zero-order valence-electron chi connectivity index (χ0n) is 9.35. The van der Waals surface area contributed by atoms with Crippen LogP contribution in [0.15, 0.2) is 30.3 Å². The monoisotopic (exact) mass is 223 g/mol. The maximum absolute atomic E-state index is 11.6. The van der Waals surface area contributed by atoms with Gasteiger partial charge in [0.15, 0.2) is 0 Å². The minimum absolute atomic E-state index is 0.0582. The van der Waals surface area contributed by atoms with Crippen LogP contribution in [-0.4, -0.2) is 37.9 Å². The predicted molar refractivity (Wildman–Crippen MR) is 61.2 cm³/mol. The molecule has 1 rings (SSSR count). The Morgan fingerprint density at radius 2 is 2.12 bits per heavy atom. The van der Waals surface area contributed by atoms with Crippen LogP contribution in [0.4, 0.5) is 0 Å². The smallest absolute Gasteiger partial charge is 0.314 e. The molecule has 1 unspecified atom stereocenters. The average molecular weight is 223 g/mol. The van der Waals surface area contributed by atoms with Crippen LogP contribution < -0.4 is 5.32 Å². The van der Waals surface area contributed by atoms with Crippen LogP contribution in [0.25, 0.3) is 0 Å². The molecule has 2 N–H and O–H groups in total. The number of aliphatic hydroxyl groups excluding tert-OH is 1. The summed E-state index contributed by atoms with van der Waals surface area (Å²) in [5, 5.41) is 11.7. The molecule has 0 aliphatic heterocycles. The lowest BCUT2D eigenvalue weighted by Crippen LogP contribution is -2.29. The number of methoxy groups -OCH3 is 1. The van der Waals surface area contributed by atoms with Crippen molar-refractivity contribution in [3.8, 4) is 0 Å². The Morgan fingerprint density at radius 3 is 2.69 bits per heavy atom. The van der Waals surface area contributed by atoms with E-state index in [1.807, 2.05) is 30.3 Å². The van der Waals surface area contributed by atoms with Crippen LogP contribution in [0.3, 0.4) is 0 Å². The molecule has 4 nitrogen and oxygen atoms in total. The first kappa shape index (κ1) is 12.7. The lowest BCUT2D eigenvalue weighted by atomic mass is 9.99. The minimum Gasteiger partial charge on any atom is -0.469 e. The van der Waals surface area contributed by atoms with Gasteiger partial charge in [-0.05, 0) is 5.56 Å². The van der Waals surface area contributed by atoms with E-state index in [2.05, 4.69) is 5.32 Å². The van der Waals surface area contributed by atoms with Gasteiger partial charge in [-0.1, -0.05) is 30.3 Å². The van der Waals surface area contributed by atoms with E-state index < -0.39 is 0 Å². The van der Waals surface area contributed by atoms with Crippen LogP contribution in [0.2, 0.25) is 0 Å². The zero-order valence-corrected chi connectivity index (χ0v) is 9.35. The Kier molecular flexibility index (Phi) is 5.53. The number of carbonyl (C=O) groups excluding carboxylic acids is 1. The summed E-state index contributed by atoms with van der Waals surface area (Å²) < 4.78 is 4.76. The highest BCUT2D eigenvalue weighted by Crippen LogP contribution is 2.15. The quantitative estimate of drug-likeness (QED) is 0.545. The van der Waals surface area contributed by atoms with Gasteiger partial charge in [0.05, 0.1) is 19.6 Å². The van der Waals surface area contributed by atoms with Crippen LogP contribution in [0.5, 0.6) is 0 Å². The number of carbonyl (C=O) groups is 1. The molecule has 0 amide bonds. The summed E-state index contributed by atoms with van der Waals surface area (Å²) in [5.41, 5.74) is 0.916. The van der Waals surface area contributed by atoms with Crippen LogP contribution in [-0.2, 0) is 9.53 Å². The SMILES string of the molecule is COC(=O)C(CNCCO)c1ccccc1. The third-order valence-corrected chi connectivity index (χ3v) is 2.32. The standard InChI is InChI=1S/C12H17NO3/c1-16-12(15)11(9-13-7-8-14)10-5-3-2-4-6-10/h2-6,11,13-14H,7-9H2,1H3. The van der Waals surface area contributed by atoms with Crippen molar-refractivity contribution in [3.63, 3.8) is 0 Å². The maximum Gasteiger partial charge on any atom is 0.314 e. The fraction of sp³-hybridized carbons (Fsp3) is 0.417. The highest BCUT2D eigenvalue weighted by Gasteiger charge is 2.20. The zero-order chi connectivity index (χ0) is 11.8. The second-order valence-corrected chi connectivity index (χ2v) is 3.41. The Morgan fingerprint density at radius 1 is 1.44 bits per heavy atom. The van der Waals surface area contributed by atoms with Crippen molar-refractivity contribution in [2.45, 2.75) is 5.92 Å². The highest BCUT2D eigenvalue weighted by molar-refractivity contribution is 5.78. The van der Waals surface area contributed by atoms with Crippen molar-refractivity contribution in [2.75, 3.05) is 26.8 Å². The molecular weight excluding hydrogens is 206 g/mol. The first-order valence-electron chi connectivity index (χ1n) is 5.24. The second kappa shape index (κ2) is 6.98. The van der Waals surface area contributed by atoms with E-state index in [9.17, 15) is 4.79 Å². The van der Waals surface area contributed by atoms with Crippen molar-refractivity contribution in [1.29, 1.82) is 0 Å². The van der Waals surface area contributed by atoms with E-state index in [4.69, 9.17) is 9.84 Å². The molecule has 0 fully saturated rings. The van der Waals surface area contributed by atoms with Gasteiger partial charge in [0.2, 0.25) is 0 Å². The fourth-order valence-corrected chi connectivity index (χ4v) is 1.49. The highest BCUT2D eigenvalue weighted by atomic mass is 16.5. The van der Waals surface area contributed by atoms with Crippen molar-refractivity contribution in [3.05, 3.63) is 35.9 Å². The summed E-state index contributed by atoms with van der Waals surface area (Å²) in [6.07, 6.45) is 0. The third-order valence-electron chi connectivity index (χ3n) is 2.32. The van der Waals surface area contributed by atoms with Gasteiger partial charge < -0.3 is 15.2 Å². The Labute approximate surface area is 95.2 Å². The summed E-state index contributed by atoms with van der Waals surface area (Å²) in [4.78, 5) is 11.6. The maximum atomic E-state index is 11.6. The molecule has 16 heavy (non-hydrogen) atoms. The Hall–Kier alpha value is -1.39. The molecule has 1 aromatic rings. The molecule has 88 valence electrons. The summed E-state index contributed by atoms with van der Waals surface area (Å²) in [7, 11) is 1.38. The molecule has 0 saturated carbocycles. The van der Waals surface area contributed by atoms with Gasteiger partial charge in [-0.3, -0.25) is 4.79 Å². The molecule has 1 aromatic carbocycles. The van der Waals surface area contributed by atoms with Gasteiger partial charge in [0.25, 0.3) is 0 Å². The second-order valence-electron chi connectivity index (χ2n) is 3.41. The van der Waals surface area contributed by atoms with E-state index >= 15 is 0 Å². The predicted octanol–water partition coefficient (Wildman–Crippen LogP) is 0.525. The van der Waals surface area contributed by atoms with E-state index in [0.717, 1.165) is 5.56 Å². The minimum atomic E-state index is -0.322. The first-order chi connectivity index (χ1) is 7.79. The van der Waals surface area contributed by atoms with Gasteiger partial charge in [-0.25, -0.2) is 0 Å². The van der Waals surface area contributed by atoms with Gasteiger partial charge in [0, 0.05) is 13.1 Å². The fourth-order valence-electron chi connectivity index (χ4n) is 1.49. The molecule has 0 spiro atoms. The van der Waals surface area contributed by atoms with Crippen molar-refractivity contribution in [1.82, 2.24) is 5.32 Å². The van der Waals surface area contributed by atoms with Gasteiger partial charge in [-0.2, -0.15) is 0 Å². The van der Waals surface area contributed by atoms with Gasteiger partial charge >= 0.3 is 5.97 Å². The Balaban J connectivity index is 2.68. The van der Waals surface area contributed by atoms with E-state index in [1.54, 1.807) is 0 Å². The number of nitrogens with one attached hydrogen (secondary N) is 1. The summed E-state index contributed by atoms with van der Waals surface area (Å²) in [6, 6.07) is 9.46. The summed E-state index contributed by atoms with van der Waals surface area (Å²) >= 11 is 0. The lowest BCUT2D eigenvalue weighted by Gasteiger charge is -2.15. The number of esters is 1. The molecular formula is C12H17NO3. The normalized spacial score (nSPS) is 12.1. The Bertz CT molecular complexity index is 313. The molecule has 0 radical (unpaired) electrons. The van der Waals surface area contributed by atoms with E-state index in [0.29, 0.717) is 13.1 Å². The summed E-state index contributed by atoms with van der Waals surface area (Å²) in [6.45, 7) is 1.00. The molecule has 0 aromatic heterocycles. The molecule has 0 heterocycles. The van der Waals surface area contributed by atoms with Crippen LogP contribution in [0, 0.1) is 0 Å². The topological polar surface area (TPSA) is 58.6 Å². The number of hydrogen-bond acceptors (Lipinski definition) is 4. The molecule has 0 aliphatic rings. The van der Waals surface area contributed by atoms with Gasteiger partial charge in [-0.15, -0.1) is 0 Å². The number of ether oxygens (including phenoxy) is 1. The number of aliphatic hydroxyl groups is 1. The van der Waals surface area contributed by atoms with Crippen LogP contribution >= 0.6 is 0 Å². The van der Waals surface area contributed by atoms with Crippen molar-refractivity contribution < 1.29 is 14.6 Å². The first-order valence-corrected chi connectivity index (χ1v) is 5.24. The van der Waals surface area contributed by atoms with Crippen molar-refractivity contribution in [2.24, 2.45) is 0 Å². The van der Waals surface area contributed by atoms with E-state index in [-0.39, 0.29) is 18.5 Å². The number of hydrogen-bond donors (Lipinski definition) is 2. The number of rotatable bonds is 6. The van der Waals surface area contributed by atoms with Crippen LogP contribution in [0.1, 0.15) is 11.5 Å². The molecule has 0 bridgehead atoms. The molecule has 1 atom stereocenters. The third kappa shape index (κ3) is 3.64. The molecule has 0 saturated heterocycles. The summed E-state index contributed by atoms with van der Waals surface area (Å²) in [5.74, 6) is -0.589. The lowest BCUT2D eigenvalue weighted by molar-refractivity contribution is -0.142. The van der Waals surface area contributed by atoms with Gasteiger partial charge in [0.1, 0.15) is 0 Å². The largest absolute Gasteiger partial charge is 0.469 e. The number of benzene rings is 1. The molecule has 0 aliphatic carbocycles.